The van der Waals surface area contributed by atoms with Gasteiger partial charge in [-0.25, -0.2) is 4.68 Å². The fourth-order valence-electron chi connectivity index (χ4n) is 3.34. The van der Waals surface area contributed by atoms with Crippen molar-refractivity contribution in [2.24, 2.45) is 0 Å². The molecule has 0 aliphatic carbocycles. The summed E-state index contributed by atoms with van der Waals surface area (Å²) < 4.78 is 4.06. The number of aromatic nitrogens is 4. The van der Waals surface area contributed by atoms with Crippen LogP contribution in [0, 0.1) is 20.8 Å². The average Bonchev–Trinajstić information content (AvgIpc) is 3.13. The van der Waals surface area contributed by atoms with Crippen LogP contribution in [0.5, 0.6) is 0 Å². The molecular weight excluding hydrogens is 310 g/mol. The van der Waals surface area contributed by atoms with Gasteiger partial charge in [0, 0.05) is 41.6 Å². The van der Waals surface area contributed by atoms with Crippen LogP contribution in [-0.4, -0.2) is 19.6 Å². The minimum absolute atomic E-state index is 0.223. The molecule has 0 bridgehead atoms. The van der Waals surface area contributed by atoms with E-state index in [2.05, 4.69) is 66.9 Å². The van der Waals surface area contributed by atoms with Gasteiger partial charge >= 0.3 is 0 Å². The van der Waals surface area contributed by atoms with E-state index >= 15 is 0 Å². The number of para-hydroxylation sites is 1. The topological polar surface area (TPSA) is 47.7 Å². The Morgan fingerprint density at radius 3 is 2.44 bits per heavy atom. The maximum Gasteiger partial charge on any atom is 0.0648 e. The van der Waals surface area contributed by atoms with Crippen LogP contribution in [0.3, 0.4) is 0 Å². The van der Waals surface area contributed by atoms with Crippen LogP contribution < -0.4 is 5.32 Å². The highest BCUT2D eigenvalue weighted by Gasteiger charge is 2.16. The normalized spacial score (nSPS) is 12.5. The fraction of sp³-hybridized carbons (Fsp3) is 0.400. The second kappa shape index (κ2) is 7.23. The molecule has 0 saturated heterocycles. The largest absolute Gasteiger partial charge is 0.306 e. The molecule has 1 aromatic carbocycles. The number of nitrogens with one attached hydrogen (secondary N) is 1. The highest BCUT2D eigenvalue weighted by molar-refractivity contribution is 5.35. The van der Waals surface area contributed by atoms with E-state index in [1.807, 2.05) is 29.1 Å². The van der Waals surface area contributed by atoms with Crippen molar-refractivity contribution in [3.8, 4) is 5.69 Å². The van der Waals surface area contributed by atoms with Crippen molar-refractivity contribution >= 4 is 0 Å². The van der Waals surface area contributed by atoms with Crippen molar-refractivity contribution in [3.63, 3.8) is 0 Å². The third-order valence-electron chi connectivity index (χ3n) is 4.93. The predicted molar refractivity (Wildman–Crippen MR) is 101 cm³/mol. The van der Waals surface area contributed by atoms with Gasteiger partial charge in [-0.1, -0.05) is 18.2 Å². The van der Waals surface area contributed by atoms with Gasteiger partial charge in [0.05, 0.1) is 17.6 Å². The molecule has 0 radical (unpaired) electrons. The first kappa shape index (κ1) is 17.4. The Morgan fingerprint density at radius 2 is 1.80 bits per heavy atom. The van der Waals surface area contributed by atoms with Crippen molar-refractivity contribution in [2.75, 3.05) is 0 Å². The van der Waals surface area contributed by atoms with E-state index in [0.29, 0.717) is 0 Å². The van der Waals surface area contributed by atoms with E-state index in [9.17, 15) is 0 Å². The van der Waals surface area contributed by atoms with Crippen molar-refractivity contribution in [3.05, 3.63) is 64.7 Å². The Kier molecular flexibility index (Phi) is 5.04. The molecule has 0 aliphatic rings. The molecule has 1 atom stereocenters. The zero-order valence-corrected chi connectivity index (χ0v) is 15.7. The maximum atomic E-state index is 4.60. The van der Waals surface area contributed by atoms with E-state index in [1.165, 1.54) is 22.5 Å². The molecule has 0 spiro atoms. The molecule has 3 aromatic rings. The van der Waals surface area contributed by atoms with Gasteiger partial charge in [0.15, 0.2) is 0 Å². The Hall–Kier alpha value is -2.40. The number of nitrogens with zero attached hydrogens (tertiary/aromatic N) is 4. The van der Waals surface area contributed by atoms with Crippen molar-refractivity contribution in [1.82, 2.24) is 24.9 Å². The van der Waals surface area contributed by atoms with Gasteiger partial charge in [0.25, 0.3) is 0 Å². The number of rotatable bonds is 6. The molecule has 5 heteroatoms. The molecule has 0 amide bonds. The lowest BCUT2D eigenvalue weighted by atomic mass is 10.1. The average molecular weight is 337 g/mol. The fourth-order valence-corrected chi connectivity index (χ4v) is 3.34. The summed E-state index contributed by atoms with van der Waals surface area (Å²) in [5.74, 6) is 0. The van der Waals surface area contributed by atoms with Gasteiger partial charge in [0.1, 0.15) is 0 Å². The molecule has 5 nitrogen and oxygen atoms in total. The summed E-state index contributed by atoms with van der Waals surface area (Å²) in [6, 6.07) is 10.5. The maximum absolute atomic E-state index is 4.60. The molecule has 132 valence electrons. The minimum atomic E-state index is 0.223. The van der Waals surface area contributed by atoms with Gasteiger partial charge in [-0.2, -0.15) is 10.2 Å². The van der Waals surface area contributed by atoms with Gasteiger partial charge in [-0.3, -0.25) is 4.68 Å². The van der Waals surface area contributed by atoms with E-state index in [4.69, 9.17) is 0 Å². The lowest BCUT2D eigenvalue weighted by Crippen LogP contribution is -2.19. The predicted octanol–water partition coefficient (Wildman–Crippen LogP) is 3.86. The first-order chi connectivity index (χ1) is 12.0. The highest BCUT2D eigenvalue weighted by Crippen LogP contribution is 2.21. The Labute approximate surface area is 149 Å². The second-order valence-corrected chi connectivity index (χ2v) is 6.50. The first-order valence-corrected chi connectivity index (χ1v) is 8.89. The minimum Gasteiger partial charge on any atom is -0.306 e. The molecule has 2 heterocycles. The molecule has 3 rings (SSSR count). The van der Waals surface area contributed by atoms with Crippen LogP contribution in [0.4, 0.5) is 0 Å². The SMILES string of the molecule is CCn1nc(C)c(CN[C@@H](C)c2cnn(-c3ccccc3)c2C)c1C. The van der Waals surface area contributed by atoms with Crippen LogP contribution in [0.25, 0.3) is 5.69 Å². The van der Waals surface area contributed by atoms with Gasteiger partial charge in [0.2, 0.25) is 0 Å². The van der Waals surface area contributed by atoms with Crippen molar-refractivity contribution in [1.29, 1.82) is 0 Å². The van der Waals surface area contributed by atoms with Gasteiger partial charge < -0.3 is 5.32 Å². The summed E-state index contributed by atoms with van der Waals surface area (Å²) in [7, 11) is 0. The molecule has 25 heavy (non-hydrogen) atoms. The van der Waals surface area contributed by atoms with Crippen LogP contribution in [-0.2, 0) is 13.1 Å². The van der Waals surface area contributed by atoms with Gasteiger partial charge in [-0.15, -0.1) is 0 Å². The zero-order valence-electron chi connectivity index (χ0n) is 15.7. The van der Waals surface area contributed by atoms with Crippen LogP contribution >= 0.6 is 0 Å². The molecular formula is C20H27N5. The number of benzene rings is 1. The molecule has 0 fully saturated rings. The summed E-state index contributed by atoms with van der Waals surface area (Å²) in [5, 5.41) is 12.8. The van der Waals surface area contributed by atoms with Crippen molar-refractivity contribution < 1.29 is 0 Å². The summed E-state index contributed by atoms with van der Waals surface area (Å²) in [6.07, 6.45) is 1.97. The zero-order chi connectivity index (χ0) is 18.0. The van der Waals surface area contributed by atoms with E-state index < -0.39 is 0 Å². The second-order valence-electron chi connectivity index (χ2n) is 6.50. The van der Waals surface area contributed by atoms with Gasteiger partial charge in [-0.05, 0) is 46.8 Å². The van der Waals surface area contributed by atoms with Crippen LogP contribution in [0.15, 0.2) is 36.5 Å². The van der Waals surface area contributed by atoms with Crippen LogP contribution in [0.1, 0.15) is 48.1 Å². The van der Waals surface area contributed by atoms with E-state index in [-0.39, 0.29) is 6.04 Å². The van der Waals surface area contributed by atoms with E-state index in [0.717, 1.165) is 24.5 Å². The Balaban J connectivity index is 1.76. The third-order valence-corrected chi connectivity index (χ3v) is 4.93. The number of hydrogen-bond donors (Lipinski definition) is 1. The summed E-state index contributed by atoms with van der Waals surface area (Å²) in [4.78, 5) is 0. The molecule has 0 aliphatic heterocycles. The smallest absolute Gasteiger partial charge is 0.0648 e. The lowest BCUT2D eigenvalue weighted by molar-refractivity contribution is 0.567. The monoisotopic (exact) mass is 337 g/mol. The number of hydrogen-bond acceptors (Lipinski definition) is 3. The Morgan fingerprint density at radius 1 is 1.08 bits per heavy atom. The van der Waals surface area contributed by atoms with Crippen molar-refractivity contribution in [2.45, 2.75) is 53.8 Å². The molecule has 1 N–H and O–H groups in total. The molecule has 0 unspecified atom stereocenters. The summed E-state index contributed by atoms with van der Waals surface area (Å²) in [6.45, 7) is 12.4. The highest BCUT2D eigenvalue weighted by atomic mass is 15.3. The van der Waals surface area contributed by atoms with Crippen LogP contribution in [0.2, 0.25) is 0 Å². The number of aryl methyl sites for hydroxylation is 2. The molecule has 0 saturated carbocycles. The summed E-state index contributed by atoms with van der Waals surface area (Å²) in [5.41, 5.74) is 7.13. The quantitative estimate of drug-likeness (QED) is 0.743. The Bertz CT molecular complexity index is 845. The third kappa shape index (κ3) is 3.37. The summed E-state index contributed by atoms with van der Waals surface area (Å²) >= 11 is 0. The molecule has 2 aromatic heterocycles. The van der Waals surface area contributed by atoms with E-state index in [1.54, 1.807) is 0 Å². The lowest BCUT2D eigenvalue weighted by Gasteiger charge is -2.14. The standard InChI is InChI=1S/C20H27N5/c1-6-24-16(4)19(15(3)23-24)12-21-14(2)20-13-22-25(17(20)5)18-10-8-7-9-11-18/h7-11,13-14,21H,6,12H2,1-5H3/t14-/m0/s1. The first-order valence-electron chi connectivity index (χ1n) is 8.89.